The lowest BCUT2D eigenvalue weighted by molar-refractivity contribution is 0.566. The first-order valence-electron chi connectivity index (χ1n) is 6.78. The predicted octanol–water partition coefficient (Wildman–Crippen LogP) is 3.44. The molecule has 0 saturated carbocycles. The van der Waals surface area contributed by atoms with Crippen LogP contribution in [0.25, 0.3) is 0 Å². The van der Waals surface area contributed by atoms with E-state index in [1.54, 1.807) is 19.1 Å². The van der Waals surface area contributed by atoms with Crippen LogP contribution in [0.15, 0.2) is 52.3 Å². The Kier molecular flexibility index (Phi) is 5.61. The number of nitrogens with one attached hydrogen (secondary N) is 1. The number of hydrogen-bond donors (Lipinski definition) is 1. The summed E-state index contributed by atoms with van der Waals surface area (Å²) in [5.41, 5.74) is 0.615. The topological polar surface area (TPSA) is 80.3 Å². The van der Waals surface area contributed by atoms with Gasteiger partial charge in [-0.3, -0.25) is 0 Å². The van der Waals surface area contributed by atoms with E-state index in [2.05, 4.69) is 4.72 Å². The summed E-state index contributed by atoms with van der Waals surface area (Å²) in [6.07, 6.45) is 1.11. The molecule has 9 heteroatoms. The summed E-state index contributed by atoms with van der Waals surface area (Å²) >= 11 is 11.8. The highest BCUT2D eigenvalue weighted by Gasteiger charge is 2.22. The van der Waals surface area contributed by atoms with Crippen LogP contribution < -0.4 is 4.72 Å². The zero-order valence-electron chi connectivity index (χ0n) is 12.8. The average molecular weight is 408 g/mol. The van der Waals surface area contributed by atoms with Crippen molar-refractivity contribution in [3.05, 3.63) is 58.1 Å². The lowest BCUT2D eigenvalue weighted by Crippen LogP contribution is -2.27. The van der Waals surface area contributed by atoms with Crippen molar-refractivity contribution in [2.75, 3.05) is 6.26 Å². The maximum atomic E-state index is 12.5. The first-order valence-corrected chi connectivity index (χ1v) is 10.9. The van der Waals surface area contributed by atoms with Gasteiger partial charge in [-0.25, -0.2) is 21.6 Å². The number of hydrogen-bond acceptors (Lipinski definition) is 4. The summed E-state index contributed by atoms with van der Waals surface area (Å²) < 4.78 is 50.3. The van der Waals surface area contributed by atoms with Gasteiger partial charge in [0.15, 0.2) is 9.84 Å². The van der Waals surface area contributed by atoms with E-state index < -0.39 is 25.9 Å². The number of rotatable bonds is 5. The van der Waals surface area contributed by atoms with E-state index in [1.807, 2.05) is 0 Å². The van der Waals surface area contributed by atoms with Crippen LogP contribution in [-0.4, -0.2) is 23.1 Å². The second-order valence-electron chi connectivity index (χ2n) is 5.26. The molecule has 0 aliphatic carbocycles. The van der Waals surface area contributed by atoms with Gasteiger partial charge in [-0.15, -0.1) is 0 Å². The quantitative estimate of drug-likeness (QED) is 0.822. The minimum Gasteiger partial charge on any atom is -0.224 e. The van der Waals surface area contributed by atoms with Crippen LogP contribution >= 0.6 is 23.2 Å². The van der Waals surface area contributed by atoms with Crippen molar-refractivity contribution in [2.24, 2.45) is 0 Å². The zero-order valence-corrected chi connectivity index (χ0v) is 16.0. The van der Waals surface area contributed by atoms with Gasteiger partial charge in [0.05, 0.1) is 9.92 Å². The summed E-state index contributed by atoms with van der Waals surface area (Å²) in [4.78, 5) is 0.0514. The Morgan fingerprint density at radius 1 is 0.958 bits per heavy atom. The van der Waals surface area contributed by atoms with Crippen molar-refractivity contribution >= 4 is 43.1 Å². The van der Waals surface area contributed by atoms with E-state index in [0.29, 0.717) is 5.56 Å². The highest BCUT2D eigenvalue weighted by atomic mass is 35.5. The molecule has 2 aromatic rings. The van der Waals surface area contributed by atoms with Gasteiger partial charge in [-0.05, 0) is 42.8 Å². The third-order valence-electron chi connectivity index (χ3n) is 3.32. The summed E-state index contributed by atoms with van der Waals surface area (Å²) in [5, 5.41) is 0.316. The molecule has 0 fully saturated rings. The van der Waals surface area contributed by atoms with Gasteiger partial charge in [-0.2, -0.15) is 0 Å². The molecule has 0 spiro atoms. The van der Waals surface area contributed by atoms with Crippen LogP contribution in [0, 0.1) is 0 Å². The molecule has 0 bridgehead atoms. The van der Waals surface area contributed by atoms with Crippen molar-refractivity contribution in [3.8, 4) is 0 Å². The van der Waals surface area contributed by atoms with Crippen LogP contribution in [0.5, 0.6) is 0 Å². The summed E-state index contributed by atoms with van der Waals surface area (Å²) in [7, 11) is -7.19. The Hall–Kier alpha value is -1.12. The third kappa shape index (κ3) is 4.49. The SMILES string of the molecule is C[C@@H](NS(=O)(=O)c1cc(Cl)ccc1Cl)c1ccc(S(C)(=O)=O)cc1. The first kappa shape index (κ1) is 19.2. The highest BCUT2D eigenvalue weighted by molar-refractivity contribution is 7.90. The molecule has 2 rings (SSSR count). The molecule has 0 heterocycles. The van der Waals surface area contributed by atoms with Gasteiger partial charge < -0.3 is 0 Å². The second kappa shape index (κ2) is 7.01. The van der Waals surface area contributed by atoms with Crippen molar-refractivity contribution in [1.29, 1.82) is 0 Å². The molecular weight excluding hydrogens is 393 g/mol. The number of halogens is 2. The van der Waals surface area contributed by atoms with Gasteiger partial charge >= 0.3 is 0 Å². The number of benzene rings is 2. The largest absolute Gasteiger partial charge is 0.242 e. The Labute approximate surface area is 151 Å². The molecular formula is C15H15Cl2NO4S2. The number of sulfonamides is 1. The van der Waals surface area contributed by atoms with Gasteiger partial charge in [0.1, 0.15) is 4.90 Å². The summed E-state index contributed by atoms with van der Waals surface area (Å²) in [6.45, 7) is 1.64. The molecule has 0 aliphatic rings. The van der Waals surface area contributed by atoms with Crippen LogP contribution in [0.1, 0.15) is 18.5 Å². The minimum atomic E-state index is -3.88. The van der Waals surface area contributed by atoms with E-state index in [4.69, 9.17) is 23.2 Å². The molecule has 1 N–H and O–H groups in total. The maximum absolute atomic E-state index is 12.5. The molecule has 0 amide bonds. The maximum Gasteiger partial charge on any atom is 0.242 e. The molecule has 0 aliphatic heterocycles. The van der Waals surface area contributed by atoms with Gasteiger partial charge in [0.2, 0.25) is 10.0 Å². The van der Waals surface area contributed by atoms with Crippen molar-refractivity contribution < 1.29 is 16.8 Å². The van der Waals surface area contributed by atoms with E-state index in [-0.39, 0.29) is 19.8 Å². The fraction of sp³-hybridized carbons (Fsp3) is 0.200. The molecule has 0 radical (unpaired) electrons. The first-order chi connectivity index (χ1) is 11.0. The van der Waals surface area contributed by atoms with E-state index in [1.165, 1.54) is 30.3 Å². The molecule has 0 unspecified atom stereocenters. The highest BCUT2D eigenvalue weighted by Crippen LogP contribution is 2.26. The Morgan fingerprint density at radius 2 is 1.54 bits per heavy atom. The van der Waals surface area contributed by atoms with E-state index in [9.17, 15) is 16.8 Å². The smallest absolute Gasteiger partial charge is 0.224 e. The molecule has 5 nitrogen and oxygen atoms in total. The molecule has 24 heavy (non-hydrogen) atoms. The lowest BCUT2D eigenvalue weighted by Gasteiger charge is -2.16. The molecule has 130 valence electrons. The number of sulfone groups is 1. The molecule has 2 aromatic carbocycles. The Morgan fingerprint density at radius 3 is 2.08 bits per heavy atom. The minimum absolute atomic E-state index is 0.0616. The van der Waals surface area contributed by atoms with Gasteiger partial charge in [0, 0.05) is 17.3 Å². The Bertz CT molecular complexity index is 955. The van der Waals surface area contributed by atoms with Gasteiger partial charge in [-0.1, -0.05) is 35.3 Å². The molecule has 1 atom stereocenters. The third-order valence-corrected chi connectivity index (χ3v) is 6.71. The fourth-order valence-electron chi connectivity index (χ4n) is 2.05. The van der Waals surface area contributed by atoms with Crippen molar-refractivity contribution in [2.45, 2.75) is 22.8 Å². The average Bonchev–Trinajstić information content (AvgIpc) is 2.48. The lowest BCUT2D eigenvalue weighted by atomic mass is 10.1. The normalized spacial score (nSPS) is 13.7. The van der Waals surface area contributed by atoms with Crippen LogP contribution in [0.3, 0.4) is 0 Å². The Balaban J connectivity index is 2.28. The standard InChI is InChI=1S/C15H15Cl2NO4S2/c1-10(11-3-6-13(7-4-11)23(2,19)20)18-24(21,22)15-9-12(16)5-8-14(15)17/h3-10,18H,1-2H3/t10-/m1/s1. The molecule has 0 saturated heterocycles. The monoisotopic (exact) mass is 407 g/mol. The van der Waals surface area contributed by atoms with Crippen LogP contribution in [-0.2, 0) is 19.9 Å². The summed E-state index contributed by atoms with van der Waals surface area (Å²) in [5.74, 6) is 0. The second-order valence-corrected chi connectivity index (χ2v) is 9.80. The van der Waals surface area contributed by atoms with E-state index in [0.717, 1.165) is 6.26 Å². The zero-order chi connectivity index (χ0) is 18.1. The van der Waals surface area contributed by atoms with E-state index >= 15 is 0 Å². The van der Waals surface area contributed by atoms with Crippen molar-refractivity contribution in [1.82, 2.24) is 4.72 Å². The van der Waals surface area contributed by atoms with Crippen LogP contribution in [0.2, 0.25) is 10.0 Å². The van der Waals surface area contributed by atoms with Crippen molar-refractivity contribution in [3.63, 3.8) is 0 Å². The van der Waals surface area contributed by atoms with Gasteiger partial charge in [0.25, 0.3) is 0 Å². The predicted molar refractivity (Wildman–Crippen MR) is 94.8 cm³/mol. The van der Waals surface area contributed by atoms with Crippen LogP contribution in [0.4, 0.5) is 0 Å². The summed E-state index contributed by atoms with van der Waals surface area (Å²) in [6, 6.07) is 9.57. The molecule has 0 aromatic heterocycles. The fourth-order valence-corrected chi connectivity index (χ4v) is 4.68.